The zero-order chi connectivity index (χ0) is 15.4. The van der Waals surface area contributed by atoms with Gasteiger partial charge in [-0.2, -0.15) is 0 Å². The fourth-order valence-corrected chi connectivity index (χ4v) is 2.39. The van der Waals surface area contributed by atoms with Crippen LogP contribution >= 0.6 is 0 Å². The number of hydrogen-bond acceptors (Lipinski definition) is 6. The average molecular weight is 296 g/mol. The largest absolute Gasteiger partial charge is 0.378 e. The van der Waals surface area contributed by atoms with Crippen molar-refractivity contribution in [3.05, 3.63) is 53.7 Å². The number of ketones is 1. The molecule has 1 aliphatic carbocycles. The Bertz CT molecular complexity index is 719. The third kappa shape index (κ3) is 3.41. The first-order valence-corrected chi connectivity index (χ1v) is 7.02. The highest BCUT2D eigenvalue weighted by molar-refractivity contribution is 5.92. The molecule has 0 bridgehead atoms. The Morgan fingerprint density at radius 2 is 2.05 bits per heavy atom. The summed E-state index contributed by atoms with van der Waals surface area (Å²) in [6.07, 6.45) is 6.89. The Morgan fingerprint density at radius 3 is 2.77 bits per heavy atom. The van der Waals surface area contributed by atoms with Gasteiger partial charge in [0.2, 0.25) is 11.6 Å². The summed E-state index contributed by atoms with van der Waals surface area (Å²) in [4.78, 5) is 11.9. The second kappa shape index (κ2) is 6.26. The molecule has 22 heavy (non-hydrogen) atoms. The number of rotatable bonds is 4. The van der Waals surface area contributed by atoms with Gasteiger partial charge in [-0.1, -0.05) is 42.5 Å². The Morgan fingerprint density at radius 1 is 1.23 bits per heavy atom. The summed E-state index contributed by atoms with van der Waals surface area (Å²) in [6.45, 7) is 0. The lowest BCUT2D eigenvalue weighted by molar-refractivity contribution is -0.115. The molecule has 6 nitrogen and oxygen atoms in total. The van der Waals surface area contributed by atoms with Crippen LogP contribution in [0.2, 0.25) is 0 Å². The predicted octanol–water partition coefficient (Wildman–Crippen LogP) is 2.64. The summed E-state index contributed by atoms with van der Waals surface area (Å²) in [5.74, 6) is 0.731. The van der Waals surface area contributed by atoms with E-state index < -0.39 is 0 Å². The minimum atomic E-state index is 0.0755. The molecule has 2 aromatic rings. The van der Waals surface area contributed by atoms with Gasteiger partial charge in [0.25, 0.3) is 0 Å². The Kier molecular flexibility index (Phi) is 4.00. The van der Waals surface area contributed by atoms with E-state index in [9.17, 15) is 4.79 Å². The lowest BCUT2D eigenvalue weighted by Crippen LogP contribution is -2.17. The van der Waals surface area contributed by atoms with E-state index in [2.05, 4.69) is 26.3 Å². The maximum Gasteiger partial charge on any atom is 0.219 e. The first-order chi connectivity index (χ1) is 10.7. The van der Waals surface area contributed by atoms with Gasteiger partial charge in [0.15, 0.2) is 5.78 Å². The molecular formula is C16H16N4O2. The lowest BCUT2D eigenvalue weighted by Gasteiger charge is -2.19. The van der Waals surface area contributed by atoms with Crippen molar-refractivity contribution in [3.63, 3.8) is 0 Å². The third-order valence-corrected chi connectivity index (χ3v) is 3.43. The Hall–Kier alpha value is -2.89. The van der Waals surface area contributed by atoms with Crippen molar-refractivity contribution in [2.24, 2.45) is 5.92 Å². The van der Waals surface area contributed by atoms with Crippen molar-refractivity contribution < 1.29 is 9.42 Å². The number of carbonyl (C=O) groups excluding carboxylic acids is 1. The minimum Gasteiger partial charge on any atom is -0.378 e. The van der Waals surface area contributed by atoms with E-state index in [-0.39, 0.29) is 17.5 Å². The monoisotopic (exact) mass is 296 g/mol. The predicted molar refractivity (Wildman–Crippen MR) is 83.6 cm³/mol. The van der Waals surface area contributed by atoms with Gasteiger partial charge in [-0.25, -0.2) is 4.63 Å². The van der Waals surface area contributed by atoms with E-state index >= 15 is 0 Å². The van der Waals surface area contributed by atoms with Crippen molar-refractivity contribution >= 4 is 23.5 Å². The van der Waals surface area contributed by atoms with E-state index in [0.717, 1.165) is 11.3 Å². The zero-order valence-electron chi connectivity index (χ0n) is 11.9. The normalized spacial score (nSPS) is 18.5. The molecule has 0 unspecified atom stereocenters. The van der Waals surface area contributed by atoms with Gasteiger partial charge < -0.3 is 11.1 Å². The van der Waals surface area contributed by atoms with Gasteiger partial charge in [-0.15, -0.1) is 0 Å². The first-order valence-electron chi connectivity index (χ1n) is 7.02. The van der Waals surface area contributed by atoms with Crippen LogP contribution in [0.25, 0.3) is 6.08 Å². The quantitative estimate of drug-likeness (QED) is 0.900. The molecule has 6 heteroatoms. The fraction of sp³-hybridized carbons (Fsp3) is 0.188. The van der Waals surface area contributed by atoms with Gasteiger partial charge in [-0.05, 0) is 28.2 Å². The number of allylic oxidation sites excluding steroid dienone is 3. The van der Waals surface area contributed by atoms with Crippen molar-refractivity contribution in [2.45, 2.75) is 12.8 Å². The van der Waals surface area contributed by atoms with Crippen LogP contribution in [0.4, 0.5) is 11.6 Å². The standard InChI is InChI=1S/C16H16N4O2/c17-15-16(20-22-19-15)18-13-8-12(9-14(21)10-13)7-6-11-4-2-1-3-5-11/h1-7,10,12H,8-9H2,(H2,17,19)(H,18,20)/b7-6+/t12-/m0/s1. The summed E-state index contributed by atoms with van der Waals surface area (Å²) in [6, 6.07) is 10.00. The van der Waals surface area contributed by atoms with Crippen LogP contribution in [0.15, 0.2) is 52.8 Å². The van der Waals surface area contributed by atoms with Gasteiger partial charge in [0.05, 0.1) is 0 Å². The van der Waals surface area contributed by atoms with E-state index in [4.69, 9.17) is 5.73 Å². The van der Waals surface area contributed by atoms with Gasteiger partial charge in [-0.3, -0.25) is 4.79 Å². The summed E-state index contributed by atoms with van der Waals surface area (Å²) in [7, 11) is 0. The molecule has 1 heterocycles. The molecule has 3 N–H and O–H groups in total. The molecule has 1 aromatic carbocycles. The summed E-state index contributed by atoms with van der Waals surface area (Å²) < 4.78 is 4.53. The number of nitrogens with one attached hydrogen (secondary N) is 1. The van der Waals surface area contributed by atoms with E-state index in [0.29, 0.717) is 18.7 Å². The number of nitrogen functional groups attached to an aromatic ring is 1. The Labute approximate surface area is 127 Å². The highest BCUT2D eigenvalue weighted by atomic mass is 16.6. The first kappa shape index (κ1) is 14.1. The van der Waals surface area contributed by atoms with E-state index in [1.54, 1.807) is 6.08 Å². The average Bonchev–Trinajstić information content (AvgIpc) is 2.91. The maximum absolute atomic E-state index is 11.9. The molecule has 1 aromatic heterocycles. The minimum absolute atomic E-state index is 0.0755. The molecule has 1 aliphatic rings. The smallest absolute Gasteiger partial charge is 0.219 e. The van der Waals surface area contributed by atoms with Gasteiger partial charge in [0.1, 0.15) is 0 Å². The molecular weight excluding hydrogens is 280 g/mol. The molecule has 0 radical (unpaired) electrons. The number of aromatic nitrogens is 2. The number of nitrogens with zero attached hydrogens (tertiary/aromatic N) is 2. The van der Waals surface area contributed by atoms with Crippen LogP contribution < -0.4 is 11.1 Å². The van der Waals surface area contributed by atoms with Crippen LogP contribution in [0.3, 0.4) is 0 Å². The summed E-state index contributed by atoms with van der Waals surface area (Å²) in [5.41, 5.74) is 7.49. The maximum atomic E-state index is 11.9. The molecule has 0 saturated carbocycles. The molecule has 0 amide bonds. The number of hydrogen-bond donors (Lipinski definition) is 2. The Balaban J connectivity index is 1.69. The SMILES string of the molecule is Nc1nonc1NC1=CC(=O)C[C@@H](/C=C/c2ccccc2)C1. The topological polar surface area (TPSA) is 94.0 Å². The van der Waals surface area contributed by atoms with Crippen molar-refractivity contribution in [1.82, 2.24) is 10.3 Å². The van der Waals surface area contributed by atoms with Gasteiger partial charge >= 0.3 is 0 Å². The summed E-state index contributed by atoms with van der Waals surface area (Å²) in [5, 5.41) is 10.2. The van der Waals surface area contributed by atoms with Crippen molar-refractivity contribution in [2.75, 3.05) is 11.1 Å². The fourth-order valence-electron chi connectivity index (χ4n) is 2.39. The van der Waals surface area contributed by atoms with Crippen LogP contribution in [0, 0.1) is 5.92 Å². The molecule has 1 atom stereocenters. The second-order valence-corrected chi connectivity index (χ2v) is 5.20. The highest BCUT2D eigenvalue weighted by Gasteiger charge is 2.20. The molecule has 0 saturated heterocycles. The van der Waals surface area contributed by atoms with Crippen molar-refractivity contribution in [3.8, 4) is 0 Å². The van der Waals surface area contributed by atoms with Crippen LogP contribution in [0.1, 0.15) is 18.4 Å². The number of benzene rings is 1. The van der Waals surface area contributed by atoms with Crippen LogP contribution in [-0.2, 0) is 4.79 Å². The highest BCUT2D eigenvalue weighted by Crippen LogP contribution is 2.26. The van der Waals surface area contributed by atoms with Crippen molar-refractivity contribution in [1.29, 1.82) is 0 Å². The molecule has 112 valence electrons. The molecule has 0 aliphatic heterocycles. The van der Waals surface area contributed by atoms with Crippen LogP contribution in [-0.4, -0.2) is 16.1 Å². The van der Waals surface area contributed by atoms with Crippen LogP contribution in [0.5, 0.6) is 0 Å². The molecule has 3 rings (SSSR count). The van der Waals surface area contributed by atoms with E-state index in [1.165, 1.54) is 0 Å². The molecule has 0 spiro atoms. The number of anilines is 2. The second-order valence-electron chi connectivity index (χ2n) is 5.20. The van der Waals surface area contributed by atoms with Gasteiger partial charge in [0, 0.05) is 18.2 Å². The number of nitrogens with two attached hydrogens (primary N) is 1. The lowest BCUT2D eigenvalue weighted by atomic mass is 9.90. The number of carbonyl (C=O) groups is 1. The third-order valence-electron chi connectivity index (χ3n) is 3.43. The van der Waals surface area contributed by atoms with E-state index in [1.807, 2.05) is 36.4 Å². The zero-order valence-corrected chi connectivity index (χ0v) is 11.9. The molecule has 0 fully saturated rings. The summed E-state index contributed by atoms with van der Waals surface area (Å²) >= 11 is 0.